The van der Waals surface area contributed by atoms with Crippen molar-refractivity contribution < 1.29 is 17.9 Å². The highest BCUT2D eigenvalue weighted by Crippen LogP contribution is 2.29. The van der Waals surface area contributed by atoms with Crippen molar-refractivity contribution in [3.8, 4) is 0 Å². The standard InChI is InChI=1S/C14H20F3NO/c1-13(2,3)19-9-12(18)8-10-5-4-6-11(7-10)14(15,16)17/h4-7,12H,8-9,18H2,1-3H3. The van der Waals surface area contributed by atoms with Gasteiger partial charge in [-0.15, -0.1) is 0 Å². The fourth-order valence-electron chi connectivity index (χ4n) is 1.59. The summed E-state index contributed by atoms with van der Waals surface area (Å²) in [6.45, 7) is 6.04. The van der Waals surface area contributed by atoms with Gasteiger partial charge in [-0.05, 0) is 38.8 Å². The minimum Gasteiger partial charge on any atom is -0.374 e. The molecule has 1 atom stereocenters. The van der Waals surface area contributed by atoms with Gasteiger partial charge < -0.3 is 10.5 Å². The Bertz CT molecular complexity index is 410. The SMILES string of the molecule is CC(C)(C)OCC(N)Cc1cccc(C(F)(F)F)c1. The van der Waals surface area contributed by atoms with Crippen molar-refractivity contribution in [1.82, 2.24) is 0 Å². The number of hydrogen-bond donors (Lipinski definition) is 1. The Labute approximate surface area is 111 Å². The van der Waals surface area contributed by atoms with Gasteiger partial charge in [0.1, 0.15) is 0 Å². The van der Waals surface area contributed by atoms with Crippen LogP contribution in [-0.4, -0.2) is 18.2 Å². The molecular formula is C14H20F3NO. The monoisotopic (exact) mass is 275 g/mol. The van der Waals surface area contributed by atoms with Crippen LogP contribution in [0.4, 0.5) is 13.2 Å². The second kappa shape index (κ2) is 5.92. The molecule has 0 spiro atoms. The Hall–Kier alpha value is -1.07. The number of nitrogens with two attached hydrogens (primary N) is 1. The maximum absolute atomic E-state index is 12.6. The van der Waals surface area contributed by atoms with E-state index < -0.39 is 11.7 Å². The molecule has 0 saturated carbocycles. The Kier molecular flexibility index (Phi) is 4.98. The molecule has 0 aliphatic carbocycles. The van der Waals surface area contributed by atoms with E-state index in [1.54, 1.807) is 6.07 Å². The molecule has 5 heteroatoms. The van der Waals surface area contributed by atoms with Gasteiger partial charge in [0, 0.05) is 6.04 Å². The van der Waals surface area contributed by atoms with E-state index in [-0.39, 0.29) is 11.6 Å². The van der Waals surface area contributed by atoms with Crippen LogP contribution in [0.3, 0.4) is 0 Å². The zero-order valence-corrected chi connectivity index (χ0v) is 11.4. The molecule has 0 aromatic heterocycles. The third kappa shape index (κ3) is 6.07. The Morgan fingerprint density at radius 3 is 2.37 bits per heavy atom. The van der Waals surface area contributed by atoms with Crippen LogP contribution in [0.25, 0.3) is 0 Å². The van der Waals surface area contributed by atoms with Crippen molar-refractivity contribution in [3.63, 3.8) is 0 Å². The molecule has 0 aliphatic heterocycles. The Balaban J connectivity index is 2.62. The number of ether oxygens (including phenoxy) is 1. The van der Waals surface area contributed by atoms with Crippen LogP contribution in [0.15, 0.2) is 24.3 Å². The molecule has 1 rings (SSSR count). The summed E-state index contributed by atoms with van der Waals surface area (Å²) in [6, 6.07) is 4.92. The Morgan fingerprint density at radius 1 is 1.21 bits per heavy atom. The zero-order valence-electron chi connectivity index (χ0n) is 11.4. The van der Waals surface area contributed by atoms with Gasteiger partial charge in [0.05, 0.1) is 17.8 Å². The summed E-state index contributed by atoms with van der Waals surface area (Å²) in [7, 11) is 0. The summed E-state index contributed by atoms with van der Waals surface area (Å²) in [5, 5.41) is 0. The maximum atomic E-state index is 12.6. The smallest absolute Gasteiger partial charge is 0.374 e. The number of rotatable bonds is 4. The molecule has 2 nitrogen and oxygen atoms in total. The van der Waals surface area contributed by atoms with Crippen molar-refractivity contribution in [2.24, 2.45) is 5.73 Å². The van der Waals surface area contributed by atoms with E-state index >= 15 is 0 Å². The van der Waals surface area contributed by atoms with E-state index in [1.165, 1.54) is 6.07 Å². The third-order valence-electron chi connectivity index (χ3n) is 2.48. The molecule has 0 bridgehead atoms. The van der Waals surface area contributed by atoms with Crippen LogP contribution in [0.1, 0.15) is 31.9 Å². The predicted octanol–water partition coefficient (Wildman–Crippen LogP) is 3.39. The van der Waals surface area contributed by atoms with Gasteiger partial charge in [0.15, 0.2) is 0 Å². The minimum absolute atomic E-state index is 0.300. The van der Waals surface area contributed by atoms with Crippen molar-refractivity contribution in [1.29, 1.82) is 0 Å². The van der Waals surface area contributed by atoms with Crippen LogP contribution in [-0.2, 0) is 17.3 Å². The first-order chi connectivity index (χ1) is 8.58. The molecule has 0 amide bonds. The molecule has 0 aliphatic rings. The van der Waals surface area contributed by atoms with Gasteiger partial charge in [-0.1, -0.05) is 18.2 Å². The molecule has 0 saturated heterocycles. The minimum atomic E-state index is -4.32. The van der Waals surface area contributed by atoms with E-state index in [9.17, 15) is 13.2 Å². The number of halogens is 3. The topological polar surface area (TPSA) is 35.2 Å². The normalized spacial score (nSPS) is 14.5. The first kappa shape index (κ1) is 16.0. The summed E-state index contributed by atoms with van der Waals surface area (Å²) in [5.41, 5.74) is 5.49. The largest absolute Gasteiger partial charge is 0.416 e. The fraction of sp³-hybridized carbons (Fsp3) is 0.571. The summed E-state index contributed by atoms with van der Waals surface area (Å²) < 4.78 is 43.2. The Morgan fingerprint density at radius 2 is 1.84 bits per heavy atom. The van der Waals surface area contributed by atoms with Crippen LogP contribution in [0, 0.1) is 0 Å². The van der Waals surface area contributed by atoms with Crippen LogP contribution >= 0.6 is 0 Å². The lowest BCUT2D eigenvalue weighted by atomic mass is 10.0. The number of alkyl halides is 3. The lowest BCUT2D eigenvalue weighted by Gasteiger charge is -2.22. The molecule has 0 fully saturated rings. The van der Waals surface area contributed by atoms with Crippen molar-refractivity contribution in [2.45, 2.75) is 45.0 Å². The first-order valence-corrected chi connectivity index (χ1v) is 6.13. The lowest BCUT2D eigenvalue weighted by Crippen LogP contribution is -2.33. The van der Waals surface area contributed by atoms with Crippen molar-refractivity contribution >= 4 is 0 Å². The summed E-state index contributed by atoms with van der Waals surface area (Å²) in [5.74, 6) is 0. The highest BCUT2D eigenvalue weighted by atomic mass is 19.4. The molecule has 0 radical (unpaired) electrons. The van der Waals surface area contributed by atoms with Crippen LogP contribution in [0.2, 0.25) is 0 Å². The highest BCUT2D eigenvalue weighted by molar-refractivity contribution is 5.26. The van der Waals surface area contributed by atoms with Gasteiger partial charge >= 0.3 is 6.18 Å². The molecule has 2 N–H and O–H groups in total. The number of hydrogen-bond acceptors (Lipinski definition) is 2. The predicted molar refractivity (Wildman–Crippen MR) is 68.8 cm³/mol. The molecular weight excluding hydrogens is 255 g/mol. The summed E-state index contributed by atoms with van der Waals surface area (Å²) >= 11 is 0. The summed E-state index contributed by atoms with van der Waals surface area (Å²) in [4.78, 5) is 0. The second-order valence-corrected chi connectivity index (χ2v) is 5.59. The molecule has 108 valence electrons. The second-order valence-electron chi connectivity index (χ2n) is 5.59. The maximum Gasteiger partial charge on any atom is 0.416 e. The average molecular weight is 275 g/mol. The number of benzene rings is 1. The first-order valence-electron chi connectivity index (χ1n) is 6.13. The fourth-order valence-corrected chi connectivity index (χ4v) is 1.59. The average Bonchev–Trinajstić information content (AvgIpc) is 2.25. The molecule has 1 unspecified atom stereocenters. The summed E-state index contributed by atoms with van der Waals surface area (Å²) in [6.07, 6.45) is -3.96. The van der Waals surface area contributed by atoms with E-state index in [0.717, 1.165) is 12.1 Å². The molecule has 1 aromatic carbocycles. The third-order valence-corrected chi connectivity index (χ3v) is 2.48. The zero-order chi connectivity index (χ0) is 14.7. The van der Waals surface area contributed by atoms with Gasteiger partial charge in [0.25, 0.3) is 0 Å². The molecule has 19 heavy (non-hydrogen) atoms. The van der Waals surface area contributed by atoms with Crippen LogP contribution in [0.5, 0.6) is 0 Å². The van der Waals surface area contributed by atoms with E-state index in [0.29, 0.717) is 18.6 Å². The quantitative estimate of drug-likeness (QED) is 0.914. The molecule has 0 heterocycles. The van der Waals surface area contributed by atoms with Crippen LogP contribution < -0.4 is 5.73 Å². The van der Waals surface area contributed by atoms with Crippen molar-refractivity contribution in [2.75, 3.05) is 6.61 Å². The van der Waals surface area contributed by atoms with E-state index in [2.05, 4.69) is 0 Å². The van der Waals surface area contributed by atoms with Gasteiger partial charge in [-0.3, -0.25) is 0 Å². The van der Waals surface area contributed by atoms with Gasteiger partial charge in [-0.25, -0.2) is 0 Å². The van der Waals surface area contributed by atoms with Gasteiger partial charge in [-0.2, -0.15) is 13.2 Å². The molecule has 1 aromatic rings. The van der Waals surface area contributed by atoms with E-state index in [4.69, 9.17) is 10.5 Å². The van der Waals surface area contributed by atoms with Crippen molar-refractivity contribution in [3.05, 3.63) is 35.4 Å². The highest BCUT2D eigenvalue weighted by Gasteiger charge is 2.30. The van der Waals surface area contributed by atoms with Gasteiger partial charge in [0.2, 0.25) is 0 Å². The van der Waals surface area contributed by atoms with E-state index in [1.807, 2.05) is 20.8 Å². The lowest BCUT2D eigenvalue weighted by molar-refractivity contribution is -0.137.